The molecule has 1 aromatic carbocycles. The quantitative estimate of drug-likeness (QED) is 0.834. The van der Waals surface area contributed by atoms with Crippen molar-refractivity contribution in [2.24, 2.45) is 27.1 Å². The second-order valence-electron chi connectivity index (χ2n) is 8.82. The Hall–Kier alpha value is -2.86. The average molecular weight is 405 g/mol. The van der Waals surface area contributed by atoms with E-state index in [0.717, 1.165) is 28.9 Å². The molecule has 4 aliphatic rings. The average Bonchev–Trinajstić information content (AvgIpc) is 3.02. The number of benzene rings is 1. The zero-order valence-electron chi connectivity index (χ0n) is 17.4. The van der Waals surface area contributed by atoms with Crippen molar-refractivity contribution in [2.75, 3.05) is 19.8 Å². The van der Waals surface area contributed by atoms with Crippen LogP contribution in [-0.4, -0.2) is 38.2 Å². The number of aliphatic imine (C=N–C) groups is 2. The fraction of sp³-hybridized carbons (Fsp3) is 0.417. The maximum absolute atomic E-state index is 6.59. The molecule has 1 fully saturated rings. The third kappa shape index (κ3) is 2.82. The standard InChI is InChI=1S/C24H27N3O3/c1-16(2)10-21-23(13-28-14-23)24(15-29-22(25)27-24)19-11-17(7-8-20(19)30-21)18-6-4-3-5-9-26-12-18/h3-9,11-12,16,21H,10,13-15H2,1-2H3,(H2,25,27)/b4-3+,5-3?,6-4?,9-5+,18-6?,18-12?,26-9?,26-12?. The van der Waals surface area contributed by atoms with E-state index in [1.54, 1.807) is 6.20 Å². The Morgan fingerprint density at radius 1 is 1.17 bits per heavy atom. The summed E-state index contributed by atoms with van der Waals surface area (Å²) < 4.78 is 18.1. The fourth-order valence-corrected chi connectivity index (χ4v) is 4.87. The van der Waals surface area contributed by atoms with Gasteiger partial charge < -0.3 is 19.9 Å². The van der Waals surface area contributed by atoms with Crippen LogP contribution in [-0.2, 0) is 15.0 Å². The highest BCUT2D eigenvalue weighted by Crippen LogP contribution is 2.59. The van der Waals surface area contributed by atoms with E-state index in [9.17, 15) is 0 Å². The van der Waals surface area contributed by atoms with Crippen LogP contribution in [0, 0.1) is 11.3 Å². The molecule has 2 atom stereocenters. The molecule has 0 aromatic heterocycles. The highest BCUT2D eigenvalue weighted by atomic mass is 16.5. The fourth-order valence-electron chi connectivity index (χ4n) is 4.87. The van der Waals surface area contributed by atoms with Crippen LogP contribution in [0.3, 0.4) is 0 Å². The van der Waals surface area contributed by atoms with Crippen LogP contribution in [0.1, 0.15) is 31.4 Å². The minimum absolute atomic E-state index is 0.00177. The zero-order chi connectivity index (χ0) is 20.8. The summed E-state index contributed by atoms with van der Waals surface area (Å²) >= 11 is 0. The maximum atomic E-state index is 6.59. The monoisotopic (exact) mass is 405 g/mol. The van der Waals surface area contributed by atoms with E-state index < -0.39 is 5.54 Å². The Morgan fingerprint density at radius 3 is 2.73 bits per heavy atom. The summed E-state index contributed by atoms with van der Waals surface area (Å²) in [6.07, 6.45) is 12.5. The van der Waals surface area contributed by atoms with Crippen molar-refractivity contribution in [3.63, 3.8) is 0 Å². The Morgan fingerprint density at radius 2 is 2.03 bits per heavy atom. The molecule has 2 unspecified atom stereocenters. The van der Waals surface area contributed by atoms with Crippen molar-refractivity contribution in [3.05, 3.63) is 59.8 Å². The lowest BCUT2D eigenvalue weighted by molar-refractivity contribution is -0.219. The van der Waals surface area contributed by atoms with Gasteiger partial charge in [0, 0.05) is 18.0 Å². The number of allylic oxidation sites excluding steroid dienone is 5. The molecule has 6 nitrogen and oxygen atoms in total. The number of amidine groups is 1. The summed E-state index contributed by atoms with van der Waals surface area (Å²) in [7, 11) is 0. The van der Waals surface area contributed by atoms with Gasteiger partial charge in [-0.1, -0.05) is 38.1 Å². The number of nitrogens with zero attached hydrogens (tertiary/aromatic N) is 2. The SMILES string of the molecule is CC(C)CC1Oc2ccc(C3=C/C=C/C=C/N=C3)cc2C2(COC(N)=N2)C12COC2. The number of ether oxygens (including phenoxy) is 3. The van der Waals surface area contributed by atoms with Crippen molar-refractivity contribution in [1.82, 2.24) is 0 Å². The molecule has 5 rings (SSSR count). The van der Waals surface area contributed by atoms with Crippen LogP contribution in [0.25, 0.3) is 5.57 Å². The molecule has 0 amide bonds. The van der Waals surface area contributed by atoms with Crippen LogP contribution in [0.2, 0.25) is 0 Å². The lowest BCUT2D eigenvalue weighted by atomic mass is 9.59. The minimum Gasteiger partial charge on any atom is -0.489 e. The molecular formula is C24H27N3O3. The molecule has 0 saturated carbocycles. The van der Waals surface area contributed by atoms with Gasteiger partial charge in [0.05, 0.1) is 18.6 Å². The second kappa shape index (κ2) is 7.13. The van der Waals surface area contributed by atoms with Crippen LogP contribution in [0.15, 0.2) is 58.7 Å². The lowest BCUT2D eigenvalue weighted by Gasteiger charge is -2.58. The smallest absolute Gasteiger partial charge is 0.283 e. The Kier molecular flexibility index (Phi) is 4.54. The summed E-state index contributed by atoms with van der Waals surface area (Å²) in [5.41, 5.74) is 8.26. The van der Waals surface area contributed by atoms with E-state index >= 15 is 0 Å². The first-order chi connectivity index (χ1) is 14.5. The Bertz CT molecular complexity index is 1000. The largest absolute Gasteiger partial charge is 0.489 e. The minimum atomic E-state index is -0.604. The normalized spacial score (nSPS) is 30.4. The van der Waals surface area contributed by atoms with Crippen LogP contribution >= 0.6 is 0 Å². The lowest BCUT2D eigenvalue weighted by Crippen LogP contribution is -2.67. The van der Waals surface area contributed by atoms with Gasteiger partial charge in [-0.15, -0.1) is 0 Å². The third-order valence-corrected chi connectivity index (χ3v) is 6.49. The van der Waals surface area contributed by atoms with Gasteiger partial charge in [0.2, 0.25) is 0 Å². The van der Waals surface area contributed by atoms with E-state index in [1.807, 2.05) is 30.5 Å². The summed E-state index contributed by atoms with van der Waals surface area (Å²) in [6.45, 7) is 6.02. The summed E-state index contributed by atoms with van der Waals surface area (Å²) in [4.78, 5) is 9.26. The number of rotatable bonds is 3. The molecule has 1 saturated heterocycles. The molecule has 0 bridgehead atoms. The molecule has 30 heavy (non-hydrogen) atoms. The van der Waals surface area contributed by atoms with E-state index in [-0.39, 0.29) is 17.5 Å². The Balaban J connectivity index is 1.65. The van der Waals surface area contributed by atoms with Gasteiger partial charge in [-0.2, -0.15) is 0 Å². The zero-order valence-corrected chi connectivity index (χ0v) is 17.4. The molecule has 4 heterocycles. The van der Waals surface area contributed by atoms with Crippen molar-refractivity contribution in [2.45, 2.75) is 31.9 Å². The van der Waals surface area contributed by atoms with Crippen LogP contribution in [0.5, 0.6) is 5.75 Å². The maximum Gasteiger partial charge on any atom is 0.283 e. The van der Waals surface area contributed by atoms with Gasteiger partial charge in [0.25, 0.3) is 6.02 Å². The van der Waals surface area contributed by atoms with Gasteiger partial charge in [-0.05, 0) is 41.7 Å². The van der Waals surface area contributed by atoms with E-state index in [4.69, 9.17) is 24.9 Å². The van der Waals surface area contributed by atoms with Gasteiger partial charge in [0.15, 0.2) is 0 Å². The first kappa shape index (κ1) is 19.1. The molecule has 6 heteroatoms. The molecule has 2 spiro atoms. The number of fused-ring (bicyclic) bond motifs is 3. The van der Waals surface area contributed by atoms with Crippen LogP contribution in [0.4, 0.5) is 0 Å². The van der Waals surface area contributed by atoms with Crippen molar-refractivity contribution < 1.29 is 14.2 Å². The van der Waals surface area contributed by atoms with E-state index in [0.29, 0.717) is 25.7 Å². The third-order valence-electron chi connectivity index (χ3n) is 6.49. The van der Waals surface area contributed by atoms with Gasteiger partial charge in [0.1, 0.15) is 24.0 Å². The van der Waals surface area contributed by atoms with E-state index in [2.05, 4.69) is 37.0 Å². The molecule has 4 aliphatic heterocycles. The number of hydrogen-bond donors (Lipinski definition) is 1. The van der Waals surface area contributed by atoms with Gasteiger partial charge >= 0.3 is 0 Å². The van der Waals surface area contributed by atoms with Crippen molar-refractivity contribution in [1.29, 1.82) is 0 Å². The van der Waals surface area contributed by atoms with Crippen molar-refractivity contribution in [3.8, 4) is 5.75 Å². The first-order valence-electron chi connectivity index (χ1n) is 10.5. The first-order valence-corrected chi connectivity index (χ1v) is 10.5. The second-order valence-corrected chi connectivity index (χ2v) is 8.82. The molecule has 2 N–H and O–H groups in total. The van der Waals surface area contributed by atoms with Crippen LogP contribution < -0.4 is 10.5 Å². The highest BCUT2D eigenvalue weighted by molar-refractivity contribution is 6.10. The topological polar surface area (TPSA) is 78.4 Å². The molecule has 0 aliphatic carbocycles. The summed E-state index contributed by atoms with van der Waals surface area (Å²) in [5, 5.41) is 0. The number of nitrogens with two attached hydrogens (primary N) is 1. The molecule has 1 aromatic rings. The van der Waals surface area contributed by atoms with Crippen molar-refractivity contribution >= 4 is 17.8 Å². The van der Waals surface area contributed by atoms with E-state index in [1.165, 1.54) is 0 Å². The highest BCUT2D eigenvalue weighted by Gasteiger charge is 2.67. The Labute approximate surface area is 176 Å². The molecule has 156 valence electrons. The molecular weight excluding hydrogens is 378 g/mol. The summed E-state index contributed by atoms with van der Waals surface area (Å²) in [6, 6.07) is 6.52. The predicted molar refractivity (Wildman–Crippen MR) is 118 cm³/mol. The van der Waals surface area contributed by atoms with Gasteiger partial charge in [-0.3, -0.25) is 4.99 Å². The summed E-state index contributed by atoms with van der Waals surface area (Å²) in [5.74, 6) is 1.34. The molecule has 0 radical (unpaired) electrons. The number of hydrogen-bond acceptors (Lipinski definition) is 6. The predicted octanol–water partition coefficient (Wildman–Crippen LogP) is 3.59. The van der Waals surface area contributed by atoms with Gasteiger partial charge in [-0.25, -0.2) is 4.99 Å².